The van der Waals surface area contributed by atoms with Gasteiger partial charge in [-0.15, -0.1) is 0 Å². The van der Waals surface area contributed by atoms with Gasteiger partial charge in [-0.1, -0.05) is 12.5 Å². The van der Waals surface area contributed by atoms with E-state index in [4.69, 9.17) is 5.11 Å². The molecule has 15 heavy (non-hydrogen) atoms. The minimum absolute atomic E-state index is 0.250. The van der Waals surface area contributed by atoms with Gasteiger partial charge < -0.3 is 5.11 Å². The zero-order valence-corrected chi connectivity index (χ0v) is 8.14. The van der Waals surface area contributed by atoms with Crippen molar-refractivity contribution in [3.63, 3.8) is 0 Å². The van der Waals surface area contributed by atoms with Crippen molar-refractivity contribution in [1.82, 2.24) is 4.98 Å². The van der Waals surface area contributed by atoms with E-state index in [1.807, 2.05) is 0 Å². The summed E-state index contributed by atoms with van der Waals surface area (Å²) < 4.78 is 0. The molecule has 1 fully saturated rings. The maximum atomic E-state index is 11.9. The van der Waals surface area contributed by atoms with Gasteiger partial charge in [0.15, 0.2) is 5.78 Å². The summed E-state index contributed by atoms with van der Waals surface area (Å²) in [5.41, 5.74) is -0.950. The van der Waals surface area contributed by atoms with Crippen LogP contribution in [-0.4, -0.2) is 21.8 Å². The van der Waals surface area contributed by atoms with E-state index in [2.05, 4.69) is 4.98 Å². The first kappa shape index (κ1) is 9.83. The summed E-state index contributed by atoms with van der Waals surface area (Å²) in [4.78, 5) is 26.9. The van der Waals surface area contributed by atoms with E-state index in [9.17, 15) is 9.59 Å². The maximum Gasteiger partial charge on any atom is 0.317 e. The highest BCUT2D eigenvalue weighted by atomic mass is 16.4. The van der Waals surface area contributed by atoms with Crippen molar-refractivity contribution < 1.29 is 14.7 Å². The minimum Gasteiger partial charge on any atom is -0.480 e. The summed E-state index contributed by atoms with van der Waals surface area (Å²) in [6, 6.07) is 4.95. The Bertz CT molecular complexity index is 396. The number of carboxylic acids is 1. The highest BCUT2D eigenvalue weighted by molar-refractivity contribution is 6.11. The molecule has 78 valence electrons. The van der Waals surface area contributed by atoms with Crippen LogP contribution in [0, 0.1) is 5.41 Å². The van der Waals surface area contributed by atoms with E-state index in [1.165, 1.54) is 6.20 Å². The Labute approximate surface area is 87.0 Å². The molecule has 0 radical (unpaired) electrons. The van der Waals surface area contributed by atoms with Crippen LogP contribution in [0.3, 0.4) is 0 Å². The summed E-state index contributed by atoms with van der Waals surface area (Å²) in [6.07, 6.45) is 3.15. The average molecular weight is 205 g/mol. The van der Waals surface area contributed by atoms with Gasteiger partial charge in [-0.3, -0.25) is 14.6 Å². The molecule has 0 amide bonds. The fourth-order valence-electron chi connectivity index (χ4n) is 1.81. The molecule has 0 aromatic carbocycles. The van der Waals surface area contributed by atoms with Gasteiger partial charge in [-0.2, -0.15) is 0 Å². The summed E-state index contributed by atoms with van der Waals surface area (Å²) in [7, 11) is 0. The maximum absolute atomic E-state index is 11.9. The van der Waals surface area contributed by atoms with Crippen molar-refractivity contribution in [3.05, 3.63) is 30.1 Å². The van der Waals surface area contributed by atoms with Crippen molar-refractivity contribution in [2.75, 3.05) is 0 Å². The molecule has 4 nitrogen and oxygen atoms in total. The standard InChI is InChI=1S/C11H11NO3/c13-9(8-4-1-2-7-12-8)11(10(14)15)5-3-6-11/h1-2,4,7H,3,5-6H2,(H,14,15). The highest BCUT2D eigenvalue weighted by Gasteiger charge is 2.51. The van der Waals surface area contributed by atoms with Crippen molar-refractivity contribution >= 4 is 11.8 Å². The molecule has 1 N–H and O–H groups in total. The lowest BCUT2D eigenvalue weighted by Crippen LogP contribution is -2.45. The fourth-order valence-corrected chi connectivity index (χ4v) is 1.81. The lowest BCUT2D eigenvalue weighted by molar-refractivity contribution is -0.150. The number of Topliss-reactive ketones (excluding diaryl/α,β-unsaturated/α-hetero) is 1. The highest BCUT2D eigenvalue weighted by Crippen LogP contribution is 2.43. The first-order valence-corrected chi connectivity index (χ1v) is 4.86. The Kier molecular flexibility index (Phi) is 2.26. The van der Waals surface area contributed by atoms with Crippen molar-refractivity contribution in [3.8, 4) is 0 Å². The number of nitrogens with zero attached hydrogens (tertiary/aromatic N) is 1. The Morgan fingerprint density at radius 1 is 1.33 bits per heavy atom. The molecular weight excluding hydrogens is 194 g/mol. The number of ketones is 1. The molecule has 1 aromatic heterocycles. The fraction of sp³-hybridized carbons (Fsp3) is 0.364. The molecule has 0 aliphatic heterocycles. The number of hydrogen-bond acceptors (Lipinski definition) is 3. The van der Waals surface area contributed by atoms with Crippen LogP contribution in [0.1, 0.15) is 29.8 Å². The summed E-state index contributed by atoms with van der Waals surface area (Å²) in [6.45, 7) is 0. The summed E-state index contributed by atoms with van der Waals surface area (Å²) in [5, 5.41) is 9.07. The van der Waals surface area contributed by atoms with Crippen LogP contribution in [0.25, 0.3) is 0 Å². The second-order valence-corrected chi connectivity index (χ2v) is 3.78. The third-order valence-electron chi connectivity index (χ3n) is 2.95. The van der Waals surface area contributed by atoms with Gasteiger partial charge in [-0.05, 0) is 25.0 Å². The van der Waals surface area contributed by atoms with Crippen LogP contribution in [0.2, 0.25) is 0 Å². The molecular formula is C11H11NO3. The predicted molar refractivity (Wildman–Crippen MR) is 52.5 cm³/mol. The first-order valence-electron chi connectivity index (χ1n) is 4.86. The molecule has 0 unspecified atom stereocenters. The molecule has 1 aliphatic carbocycles. The number of rotatable bonds is 3. The van der Waals surface area contributed by atoms with Gasteiger partial charge in [0.2, 0.25) is 0 Å². The monoisotopic (exact) mass is 205 g/mol. The Morgan fingerprint density at radius 2 is 2.07 bits per heavy atom. The summed E-state index contributed by atoms with van der Waals surface area (Å²) in [5.74, 6) is -1.38. The quantitative estimate of drug-likeness (QED) is 0.600. The smallest absolute Gasteiger partial charge is 0.317 e. The van der Waals surface area contributed by atoms with Gasteiger partial charge in [0.25, 0.3) is 0 Å². The van der Waals surface area contributed by atoms with Crippen LogP contribution in [0.4, 0.5) is 0 Å². The molecule has 0 saturated heterocycles. The lowest BCUT2D eigenvalue weighted by atomic mass is 9.65. The number of hydrogen-bond donors (Lipinski definition) is 1. The topological polar surface area (TPSA) is 67.3 Å². The van der Waals surface area contributed by atoms with Gasteiger partial charge in [0.05, 0.1) is 0 Å². The number of carbonyl (C=O) groups excluding carboxylic acids is 1. The van der Waals surface area contributed by atoms with Crippen molar-refractivity contribution in [1.29, 1.82) is 0 Å². The van der Waals surface area contributed by atoms with Crippen LogP contribution in [0.15, 0.2) is 24.4 Å². The van der Waals surface area contributed by atoms with E-state index in [0.29, 0.717) is 12.8 Å². The zero-order valence-electron chi connectivity index (χ0n) is 8.14. The van der Waals surface area contributed by atoms with Crippen molar-refractivity contribution in [2.45, 2.75) is 19.3 Å². The summed E-state index contributed by atoms with van der Waals surface area (Å²) >= 11 is 0. The average Bonchev–Trinajstić information content (AvgIpc) is 2.16. The second kappa shape index (κ2) is 3.46. The molecule has 1 aliphatic rings. The lowest BCUT2D eigenvalue weighted by Gasteiger charge is -2.35. The first-order chi connectivity index (χ1) is 7.17. The van der Waals surface area contributed by atoms with Gasteiger partial charge in [0, 0.05) is 6.20 Å². The van der Waals surface area contributed by atoms with E-state index < -0.39 is 11.4 Å². The molecule has 0 spiro atoms. The van der Waals surface area contributed by atoms with Crippen molar-refractivity contribution in [2.24, 2.45) is 5.41 Å². The molecule has 0 bridgehead atoms. The second-order valence-electron chi connectivity index (χ2n) is 3.78. The van der Waals surface area contributed by atoms with E-state index >= 15 is 0 Å². The molecule has 1 aromatic rings. The number of aliphatic carboxylic acids is 1. The third kappa shape index (κ3) is 1.42. The van der Waals surface area contributed by atoms with Crippen LogP contribution in [0.5, 0.6) is 0 Å². The molecule has 2 rings (SSSR count). The van der Waals surface area contributed by atoms with Crippen LogP contribution >= 0.6 is 0 Å². The van der Waals surface area contributed by atoms with E-state index in [0.717, 1.165) is 6.42 Å². The minimum atomic E-state index is -1.20. The third-order valence-corrected chi connectivity index (χ3v) is 2.95. The normalized spacial score (nSPS) is 17.9. The Morgan fingerprint density at radius 3 is 2.47 bits per heavy atom. The number of pyridine rings is 1. The Hall–Kier alpha value is -1.71. The van der Waals surface area contributed by atoms with Gasteiger partial charge in [0.1, 0.15) is 11.1 Å². The number of carbonyl (C=O) groups is 2. The van der Waals surface area contributed by atoms with E-state index in [1.54, 1.807) is 18.2 Å². The number of carboxylic acid groups (broad SMARTS) is 1. The molecule has 0 atom stereocenters. The van der Waals surface area contributed by atoms with Crippen LogP contribution in [-0.2, 0) is 4.79 Å². The Balaban J connectivity index is 2.32. The largest absolute Gasteiger partial charge is 0.480 e. The molecule has 1 saturated carbocycles. The van der Waals surface area contributed by atoms with Gasteiger partial charge in [-0.25, -0.2) is 0 Å². The van der Waals surface area contributed by atoms with Gasteiger partial charge >= 0.3 is 5.97 Å². The zero-order chi connectivity index (χ0) is 10.9. The molecule has 4 heteroatoms. The van der Waals surface area contributed by atoms with Crippen LogP contribution < -0.4 is 0 Å². The molecule has 1 heterocycles. The van der Waals surface area contributed by atoms with E-state index in [-0.39, 0.29) is 11.5 Å². The SMILES string of the molecule is O=C(O)C1(C(=O)c2ccccn2)CCC1. The predicted octanol–water partition coefficient (Wildman–Crippen LogP) is 1.52. The number of aromatic nitrogens is 1.